The molecule has 0 unspecified atom stereocenters. The number of aliphatic hydroxyl groups is 1. The summed E-state index contributed by atoms with van der Waals surface area (Å²) in [4.78, 5) is 26.2. The second kappa shape index (κ2) is 11.7. The normalized spacial score (nSPS) is 40.4. The number of carboxylic acid groups (broad SMARTS) is 1. The standard InChI is InChI=1S/C44H62O4/c1-26(2)31-17-22-44(37(46)25-32(27(3)4)28(5)45)24-23-42(9)34(38(31)44)15-16-36-41(8)20-18-33(29-11-13-30(14-12-29)39(47)48)40(6,7)35(41)19-21-43(36,42)10/h11-14,18,27,31-32,34-36,38,45H,1,5,15-17,19-25H2,2-4,6-10H3,(H,47,48)/t31-,32-,34+,35-,36+,38+,41-,42+,43+,44+/m0/s1. The molecule has 0 aromatic heterocycles. The molecular weight excluding hydrogens is 592 g/mol. The van der Waals surface area contributed by atoms with Crippen LogP contribution in [0.2, 0.25) is 0 Å². The molecule has 4 nitrogen and oxygen atoms in total. The van der Waals surface area contributed by atoms with Gasteiger partial charge in [-0.15, -0.1) is 0 Å². The van der Waals surface area contributed by atoms with E-state index in [1.807, 2.05) is 12.1 Å². The summed E-state index contributed by atoms with van der Waals surface area (Å²) in [5.41, 5.74) is 4.27. The Morgan fingerprint density at radius 1 is 0.854 bits per heavy atom. The van der Waals surface area contributed by atoms with Gasteiger partial charge in [0, 0.05) is 17.8 Å². The van der Waals surface area contributed by atoms with Crippen LogP contribution in [0.3, 0.4) is 0 Å². The van der Waals surface area contributed by atoms with Gasteiger partial charge in [0.15, 0.2) is 0 Å². The molecule has 5 aliphatic rings. The fourth-order valence-electron chi connectivity index (χ4n) is 13.7. The Hall–Kier alpha value is -2.62. The number of aromatic carboxylic acids is 1. The van der Waals surface area contributed by atoms with E-state index in [1.165, 1.54) is 36.8 Å². The Bertz CT molecular complexity index is 1530. The highest BCUT2D eigenvalue weighted by atomic mass is 16.4. The molecule has 1 aromatic rings. The van der Waals surface area contributed by atoms with E-state index >= 15 is 0 Å². The molecule has 0 saturated heterocycles. The lowest BCUT2D eigenvalue weighted by Gasteiger charge is -2.72. The van der Waals surface area contributed by atoms with Crippen molar-refractivity contribution in [3.05, 3.63) is 66.0 Å². The number of allylic oxidation sites excluding steroid dienone is 4. The van der Waals surface area contributed by atoms with E-state index in [-0.39, 0.29) is 44.7 Å². The summed E-state index contributed by atoms with van der Waals surface area (Å²) in [7, 11) is 0. The minimum absolute atomic E-state index is 0.0227. The van der Waals surface area contributed by atoms with Crippen LogP contribution in [0, 0.1) is 68.5 Å². The second-order valence-electron chi connectivity index (χ2n) is 18.7. The highest BCUT2D eigenvalue weighted by molar-refractivity contribution is 5.88. The fourth-order valence-corrected chi connectivity index (χ4v) is 13.7. The number of ketones is 1. The van der Waals surface area contributed by atoms with Crippen molar-refractivity contribution in [1.29, 1.82) is 0 Å². The Morgan fingerprint density at radius 3 is 2.10 bits per heavy atom. The van der Waals surface area contributed by atoms with E-state index in [0.29, 0.717) is 47.4 Å². The zero-order chi connectivity index (χ0) is 35.2. The van der Waals surface area contributed by atoms with Crippen molar-refractivity contribution in [2.45, 2.75) is 120 Å². The van der Waals surface area contributed by atoms with Gasteiger partial charge < -0.3 is 10.2 Å². The topological polar surface area (TPSA) is 74.6 Å². The molecule has 0 spiro atoms. The molecule has 0 aliphatic heterocycles. The van der Waals surface area contributed by atoms with Crippen LogP contribution in [-0.4, -0.2) is 22.0 Å². The van der Waals surface area contributed by atoms with E-state index in [1.54, 1.807) is 12.1 Å². The van der Waals surface area contributed by atoms with Crippen molar-refractivity contribution >= 4 is 17.3 Å². The van der Waals surface area contributed by atoms with E-state index in [2.05, 4.69) is 74.6 Å². The van der Waals surface area contributed by atoms with Crippen molar-refractivity contribution in [3.8, 4) is 0 Å². The molecule has 0 bridgehead atoms. The first kappa shape index (κ1) is 35.2. The SMILES string of the molecule is C=C(O)[C@@H](CC(=O)[C@]12CC[C@@H](C(=C)C)[C@@H]1[C@H]1CC[C@@H]3[C@@]4(C)CC=C(c5ccc(C(=O)O)cc5)C(C)(C)[C@@H]4CC[C@@]3(C)[C@]1(C)CC2)C(C)C. The number of fused-ring (bicyclic) bond motifs is 7. The molecular formula is C44H62O4. The Balaban J connectivity index is 1.35. The number of hydrogen-bond donors (Lipinski definition) is 2. The van der Waals surface area contributed by atoms with Gasteiger partial charge in [0.2, 0.25) is 0 Å². The maximum Gasteiger partial charge on any atom is 0.335 e. The molecule has 2 N–H and O–H groups in total. The van der Waals surface area contributed by atoms with Gasteiger partial charge in [-0.05, 0) is 145 Å². The van der Waals surface area contributed by atoms with Crippen LogP contribution in [0.5, 0.6) is 0 Å². The minimum Gasteiger partial charge on any atom is -0.513 e. The molecule has 4 fully saturated rings. The third kappa shape index (κ3) is 4.88. The number of aliphatic hydroxyl groups excluding tert-OH is 1. The van der Waals surface area contributed by atoms with Gasteiger partial charge in [0.1, 0.15) is 5.78 Å². The molecule has 0 radical (unpaired) electrons. The molecule has 4 saturated carbocycles. The lowest BCUT2D eigenvalue weighted by molar-refractivity contribution is -0.224. The van der Waals surface area contributed by atoms with Crippen LogP contribution in [0.1, 0.15) is 136 Å². The van der Waals surface area contributed by atoms with Crippen molar-refractivity contribution in [2.24, 2.45) is 68.5 Å². The highest BCUT2D eigenvalue weighted by Gasteiger charge is 2.71. The number of rotatable bonds is 8. The third-order valence-corrected chi connectivity index (χ3v) is 16.3. The largest absolute Gasteiger partial charge is 0.513 e. The molecule has 6 rings (SSSR count). The summed E-state index contributed by atoms with van der Waals surface area (Å²) in [5, 5.41) is 20.0. The average Bonchev–Trinajstić information content (AvgIpc) is 3.41. The average molecular weight is 655 g/mol. The smallest absolute Gasteiger partial charge is 0.335 e. The molecule has 1 aromatic carbocycles. The maximum atomic E-state index is 14.6. The predicted octanol–water partition coefficient (Wildman–Crippen LogP) is 11.3. The Kier molecular flexibility index (Phi) is 8.61. The Morgan fingerprint density at radius 2 is 1.52 bits per heavy atom. The van der Waals surface area contributed by atoms with Crippen LogP contribution in [-0.2, 0) is 4.79 Å². The summed E-state index contributed by atoms with van der Waals surface area (Å²) in [5.74, 6) is 1.99. The number of carboxylic acids is 1. The van der Waals surface area contributed by atoms with Gasteiger partial charge in [-0.1, -0.05) is 85.4 Å². The first-order chi connectivity index (χ1) is 22.3. The van der Waals surface area contributed by atoms with Gasteiger partial charge in [-0.2, -0.15) is 0 Å². The first-order valence-corrected chi connectivity index (χ1v) is 19.0. The van der Waals surface area contributed by atoms with Crippen LogP contribution in [0.25, 0.3) is 5.57 Å². The number of benzene rings is 1. The number of Topliss-reactive ketones (excluding diaryl/α,β-unsaturated/α-hetero) is 1. The second-order valence-corrected chi connectivity index (χ2v) is 18.7. The zero-order valence-electron chi connectivity index (χ0n) is 31.1. The van der Waals surface area contributed by atoms with Crippen LogP contribution in [0.4, 0.5) is 0 Å². The van der Waals surface area contributed by atoms with Gasteiger partial charge in [-0.25, -0.2) is 4.79 Å². The lowest BCUT2D eigenvalue weighted by Crippen LogP contribution is -2.66. The summed E-state index contributed by atoms with van der Waals surface area (Å²) < 4.78 is 0. The van der Waals surface area contributed by atoms with Gasteiger partial charge in [-0.3, -0.25) is 4.79 Å². The van der Waals surface area contributed by atoms with E-state index < -0.39 is 5.97 Å². The summed E-state index contributed by atoms with van der Waals surface area (Å²) >= 11 is 0. The molecule has 262 valence electrons. The number of hydrogen-bond acceptors (Lipinski definition) is 3. The number of carbonyl (C=O) groups excluding carboxylic acids is 1. The Labute approximate surface area is 290 Å². The third-order valence-electron chi connectivity index (χ3n) is 16.3. The van der Waals surface area contributed by atoms with Crippen molar-refractivity contribution in [2.75, 3.05) is 0 Å². The van der Waals surface area contributed by atoms with Gasteiger partial charge in [0.25, 0.3) is 0 Å². The summed E-state index contributed by atoms with van der Waals surface area (Å²) in [6, 6.07) is 7.52. The minimum atomic E-state index is -0.881. The molecule has 5 aliphatic carbocycles. The van der Waals surface area contributed by atoms with E-state index in [4.69, 9.17) is 0 Å². The fraction of sp³-hybridized carbons (Fsp3) is 0.682. The molecule has 48 heavy (non-hydrogen) atoms. The quantitative estimate of drug-likeness (QED) is 0.216. The zero-order valence-corrected chi connectivity index (χ0v) is 31.1. The van der Waals surface area contributed by atoms with E-state index in [0.717, 1.165) is 37.7 Å². The molecule has 4 heteroatoms. The first-order valence-electron chi connectivity index (χ1n) is 19.0. The van der Waals surface area contributed by atoms with Crippen molar-refractivity contribution in [1.82, 2.24) is 0 Å². The van der Waals surface area contributed by atoms with Crippen molar-refractivity contribution < 1.29 is 19.8 Å². The molecule has 0 heterocycles. The van der Waals surface area contributed by atoms with Crippen molar-refractivity contribution in [3.63, 3.8) is 0 Å². The summed E-state index contributed by atoms with van der Waals surface area (Å²) in [6.07, 6.45) is 12.8. The van der Waals surface area contributed by atoms with Gasteiger partial charge >= 0.3 is 5.97 Å². The van der Waals surface area contributed by atoms with E-state index in [9.17, 15) is 19.8 Å². The maximum absolute atomic E-state index is 14.6. The molecule has 10 atom stereocenters. The monoisotopic (exact) mass is 654 g/mol. The number of carbonyl (C=O) groups is 2. The predicted molar refractivity (Wildman–Crippen MR) is 195 cm³/mol. The van der Waals surface area contributed by atoms with Crippen LogP contribution < -0.4 is 0 Å². The molecule has 0 amide bonds. The van der Waals surface area contributed by atoms with Gasteiger partial charge in [0.05, 0.1) is 11.3 Å². The summed E-state index contributed by atoms with van der Waals surface area (Å²) in [6.45, 7) is 27.5. The lowest BCUT2D eigenvalue weighted by atomic mass is 9.32. The van der Waals surface area contributed by atoms with Crippen LogP contribution >= 0.6 is 0 Å². The van der Waals surface area contributed by atoms with Crippen LogP contribution in [0.15, 0.2) is 54.8 Å². The highest BCUT2D eigenvalue weighted by Crippen LogP contribution is 2.78.